The van der Waals surface area contributed by atoms with Crippen LogP contribution < -0.4 is 5.32 Å². The number of rotatable bonds is 5. The van der Waals surface area contributed by atoms with Gasteiger partial charge in [-0.1, -0.05) is 6.07 Å². The fraction of sp³-hybridized carbons (Fsp3) is 0.154. The highest BCUT2D eigenvalue weighted by Gasteiger charge is 2.09. The second kappa shape index (κ2) is 6.10. The third-order valence-electron chi connectivity index (χ3n) is 2.52. The van der Waals surface area contributed by atoms with Crippen LogP contribution in [0.3, 0.4) is 0 Å². The summed E-state index contributed by atoms with van der Waals surface area (Å²) in [6.07, 6.45) is 0.661. The number of carbonyl (C=O) groups excluding carboxylic acids is 1. The Labute approximate surface area is 113 Å². The van der Waals surface area contributed by atoms with E-state index in [4.69, 9.17) is 5.11 Å². The Balaban J connectivity index is 1.92. The largest absolute Gasteiger partial charge is 0.478 e. The predicted molar refractivity (Wildman–Crippen MR) is 71.6 cm³/mol. The van der Waals surface area contributed by atoms with E-state index < -0.39 is 5.97 Å². The van der Waals surface area contributed by atoms with E-state index in [2.05, 4.69) is 10.3 Å². The number of hydrogen-bond donors (Lipinski definition) is 2. The van der Waals surface area contributed by atoms with E-state index in [1.807, 2.05) is 5.38 Å². The van der Waals surface area contributed by atoms with E-state index in [-0.39, 0.29) is 11.5 Å². The number of amides is 1. The Hall–Kier alpha value is -2.21. The van der Waals surface area contributed by atoms with Crippen LogP contribution in [0.2, 0.25) is 0 Å². The van der Waals surface area contributed by atoms with Crippen molar-refractivity contribution in [1.29, 1.82) is 0 Å². The van der Waals surface area contributed by atoms with Gasteiger partial charge in [-0.05, 0) is 18.2 Å². The molecule has 19 heavy (non-hydrogen) atoms. The molecule has 0 saturated carbocycles. The monoisotopic (exact) mass is 276 g/mol. The zero-order valence-corrected chi connectivity index (χ0v) is 10.8. The average molecular weight is 276 g/mol. The van der Waals surface area contributed by atoms with Gasteiger partial charge in [0, 0.05) is 23.9 Å². The number of aromatic nitrogens is 1. The second-order valence-electron chi connectivity index (χ2n) is 3.87. The minimum absolute atomic E-state index is 0.104. The topological polar surface area (TPSA) is 79.3 Å². The van der Waals surface area contributed by atoms with Crippen LogP contribution in [0, 0.1) is 0 Å². The van der Waals surface area contributed by atoms with E-state index in [1.165, 1.54) is 23.5 Å². The molecule has 2 aromatic rings. The van der Waals surface area contributed by atoms with Crippen molar-refractivity contribution in [2.24, 2.45) is 0 Å². The number of thiazole rings is 1. The highest BCUT2D eigenvalue weighted by molar-refractivity contribution is 7.07. The van der Waals surface area contributed by atoms with Crippen LogP contribution in [0.1, 0.15) is 26.4 Å². The van der Waals surface area contributed by atoms with Crippen LogP contribution in [-0.2, 0) is 6.42 Å². The van der Waals surface area contributed by atoms with Gasteiger partial charge >= 0.3 is 5.97 Å². The van der Waals surface area contributed by atoms with Gasteiger partial charge in [0.05, 0.1) is 16.8 Å². The summed E-state index contributed by atoms with van der Waals surface area (Å²) >= 11 is 1.51. The summed E-state index contributed by atoms with van der Waals surface area (Å²) in [5, 5.41) is 13.5. The van der Waals surface area contributed by atoms with E-state index in [0.717, 1.165) is 5.69 Å². The summed E-state index contributed by atoms with van der Waals surface area (Å²) in [5.41, 5.74) is 3.13. The highest BCUT2D eigenvalue weighted by Crippen LogP contribution is 2.05. The summed E-state index contributed by atoms with van der Waals surface area (Å²) in [5.74, 6) is -1.32. The highest BCUT2D eigenvalue weighted by atomic mass is 32.1. The van der Waals surface area contributed by atoms with Crippen molar-refractivity contribution >= 4 is 23.2 Å². The van der Waals surface area contributed by atoms with Gasteiger partial charge in [0.2, 0.25) is 0 Å². The Kier molecular flexibility index (Phi) is 4.25. The van der Waals surface area contributed by atoms with Crippen LogP contribution in [0.15, 0.2) is 35.2 Å². The SMILES string of the molecule is O=C(O)c1cccc(C(=O)NCCc2cscn2)c1. The van der Waals surface area contributed by atoms with Gasteiger partial charge in [0.25, 0.3) is 5.91 Å². The molecule has 2 N–H and O–H groups in total. The molecule has 6 heteroatoms. The number of carboxylic acids is 1. The third kappa shape index (κ3) is 3.62. The number of hydrogen-bond acceptors (Lipinski definition) is 4. The Morgan fingerprint density at radius 2 is 2.11 bits per heavy atom. The molecule has 0 spiro atoms. The average Bonchev–Trinajstić information content (AvgIpc) is 2.92. The molecule has 98 valence electrons. The fourth-order valence-electron chi connectivity index (χ4n) is 1.56. The van der Waals surface area contributed by atoms with E-state index in [1.54, 1.807) is 17.6 Å². The first-order chi connectivity index (χ1) is 9.16. The quantitative estimate of drug-likeness (QED) is 0.873. The van der Waals surface area contributed by atoms with Crippen molar-refractivity contribution in [3.63, 3.8) is 0 Å². The lowest BCUT2D eigenvalue weighted by atomic mass is 10.1. The molecule has 1 amide bonds. The van der Waals surface area contributed by atoms with Crippen LogP contribution in [-0.4, -0.2) is 28.5 Å². The summed E-state index contributed by atoms with van der Waals surface area (Å²) < 4.78 is 0. The molecular weight excluding hydrogens is 264 g/mol. The Morgan fingerprint density at radius 3 is 2.79 bits per heavy atom. The number of nitrogens with one attached hydrogen (secondary N) is 1. The number of aromatic carboxylic acids is 1. The minimum Gasteiger partial charge on any atom is -0.478 e. The molecule has 1 aromatic heterocycles. The first-order valence-corrected chi connectivity index (χ1v) is 6.60. The van der Waals surface area contributed by atoms with Crippen molar-refractivity contribution in [2.45, 2.75) is 6.42 Å². The van der Waals surface area contributed by atoms with Gasteiger partial charge < -0.3 is 10.4 Å². The third-order valence-corrected chi connectivity index (χ3v) is 3.16. The summed E-state index contributed by atoms with van der Waals surface area (Å²) in [4.78, 5) is 26.7. The zero-order valence-electron chi connectivity index (χ0n) is 10.00. The van der Waals surface area contributed by atoms with Crippen molar-refractivity contribution in [2.75, 3.05) is 6.54 Å². The fourth-order valence-corrected chi connectivity index (χ4v) is 2.15. The minimum atomic E-state index is -1.04. The molecule has 1 heterocycles. The Bertz CT molecular complexity index is 581. The van der Waals surface area contributed by atoms with E-state index in [9.17, 15) is 9.59 Å². The van der Waals surface area contributed by atoms with Gasteiger partial charge in [-0.15, -0.1) is 11.3 Å². The van der Waals surface area contributed by atoms with E-state index in [0.29, 0.717) is 18.5 Å². The maximum absolute atomic E-state index is 11.8. The molecule has 0 radical (unpaired) electrons. The van der Waals surface area contributed by atoms with Crippen molar-refractivity contribution in [1.82, 2.24) is 10.3 Å². The molecule has 0 aliphatic carbocycles. The van der Waals surface area contributed by atoms with Gasteiger partial charge in [-0.25, -0.2) is 9.78 Å². The van der Waals surface area contributed by atoms with Gasteiger partial charge in [0.15, 0.2) is 0 Å². The normalized spacial score (nSPS) is 10.1. The number of nitrogens with zero attached hydrogens (tertiary/aromatic N) is 1. The first kappa shape index (κ1) is 13.2. The molecule has 1 aromatic carbocycles. The lowest BCUT2D eigenvalue weighted by Crippen LogP contribution is -2.25. The Morgan fingerprint density at radius 1 is 1.32 bits per heavy atom. The zero-order chi connectivity index (χ0) is 13.7. The molecule has 5 nitrogen and oxygen atoms in total. The smallest absolute Gasteiger partial charge is 0.335 e. The number of carboxylic acid groups (broad SMARTS) is 1. The molecule has 0 unspecified atom stereocenters. The maximum Gasteiger partial charge on any atom is 0.335 e. The summed E-state index contributed by atoms with van der Waals surface area (Å²) in [6, 6.07) is 5.96. The standard InChI is InChI=1S/C13H12N2O3S/c16-12(14-5-4-11-7-19-8-15-11)9-2-1-3-10(6-9)13(17)18/h1-3,6-8H,4-5H2,(H,14,16)(H,17,18). The molecular formula is C13H12N2O3S. The van der Waals surface area contributed by atoms with Crippen molar-refractivity contribution in [3.05, 3.63) is 52.0 Å². The molecule has 0 aliphatic heterocycles. The van der Waals surface area contributed by atoms with Crippen molar-refractivity contribution in [3.8, 4) is 0 Å². The summed E-state index contributed by atoms with van der Waals surface area (Å²) in [6.45, 7) is 0.472. The van der Waals surface area contributed by atoms with Gasteiger partial charge in [-0.2, -0.15) is 0 Å². The molecule has 0 fully saturated rings. The van der Waals surface area contributed by atoms with Gasteiger partial charge in [0.1, 0.15) is 0 Å². The van der Waals surface area contributed by atoms with Gasteiger partial charge in [-0.3, -0.25) is 4.79 Å². The maximum atomic E-state index is 11.8. The number of carbonyl (C=O) groups is 2. The molecule has 0 atom stereocenters. The van der Waals surface area contributed by atoms with Crippen LogP contribution in [0.25, 0.3) is 0 Å². The summed E-state index contributed by atoms with van der Waals surface area (Å²) in [7, 11) is 0. The molecule has 0 bridgehead atoms. The lowest BCUT2D eigenvalue weighted by molar-refractivity contribution is 0.0697. The van der Waals surface area contributed by atoms with Crippen LogP contribution >= 0.6 is 11.3 Å². The van der Waals surface area contributed by atoms with Crippen molar-refractivity contribution < 1.29 is 14.7 Å². The second-order valence-corrected chi connectivity index (χ2v) is 4.59. The van der Waals surface area contributed by atoms with Crippen LogP contribution in [0.4, 0.5) is 0 Å². The predicted octanol–water partition coefficient (Wildman–Crippen LogP) is 1.81. The molecule has 0 saturated heterocycles. The first-order valence-electron chi connectivity index (χ1n) is 5.65. The molecule has 2 rings (SSSR count). The number of benzene rings is 1. The van der Waals surface area contributed by atoms with Crippen LogP contribution in [0.5, 0.6) is 0 Å². The molecule has 0 aliphatic rings. The van der Waals surface area contributed by atoms with E-state index >= 15 is 0 Å². The lowest BCUT2D eigenvalue weighted by Gasteiger charge is -2.04.